The van der Waals surface area contributed by atoms with E-state index in [1.807, 2.05) is 54.8 Å². The van der Waals surface area contributed by atoms with E-state index in [9.17, 15) is 14.5 Å². The summed E-state index contributed by atoms with van der Waals surface area (Å²) in [5.41, 5.74) is 3.34. The van der Waals surface area contributed by atoms with Gasteiger partial charge in [0.2, 0.25) is 6.54 Å². The molecular formula is C25H23FN4O3S. The molecule has 0 saturated carbocycles. The lowest BCUT2D eigenvalue weighted by atomic mass is 10.1. The van der Waals surface area contributed by atoms with Crippen molar-refractivity contribution in [3.05, 3.63) is 111 Å². The van der Waals surface area contributed by atoms with E-state index in [2.05, 4.69) is 10.2 Å². The van der Waals surface area contributed by atoms with Gasteiger partial charge in [0.15, 0.2) is 5.16 Å². The third-order valence-corrected chi connectivity index (χ3v) is 6.36. The molecule has 174 valence electrons. The molecule has 3 aromatic carbocycles. The van der Waals surface area contributed by atoms with Crippen molar-refractivity contribution in [3.63, 3.8) is 0 Å². The first-order valence-electron chi connectivity index (χ1n) is 10.6. The van der Waals surface area contributed by atoms with Crippen molar-refractivity contribution < 1.29 is 14.1 Å². The number of benzene rings is 3. The van der Waals surface area contributed by atoms with Crippen molar-refractivity contribution in [1.82, 2.24) is 14.8 Å². The third-order valence-electron chi connectivity index (χ3n) is 5.20. The van der Waals surface area contributed by atoms with Crippen LogP contribution in [0.1, 0.15) is 27.8 Å². The summed E-state index contributed by atoms with van der Waals surface area (Å²) in [6, 6.07) is 21.3. The van der Waals surface area contributed by atoms with Gasteiger partial charge in [-0.3, -0.25) is 14.7 Å². The molecule has 7 nitrogen and oxygen atoms in total. The molecule has 34 heavy (non-hydrogen) atoms. The minimum absolute atomic E-state index is 0.142. The van der Waals surface area contributed by atoms with Crippen molar-refractivity contribution in [2.24, 2.45) is 0 Å². The van der Waals surface area contributed by atoms with E-state index < -0.39 is 5.25 Å². The van der Waals surface area contributed by atoms with Gasteiger partial charge < -0.3 is 4.74 Å². The highest BCUT2D eigenvalue weighted by Crippen LogP contribution is 2.40. The predicted molar refractivity (Wildman–Crippen MR) is 128 cm³/mol. The summed E-state index contributed by atoms with van der Waals surface area (Å²) in [6.07, 6.45) is 0. The van der Waals surface area contributed by atoms with E-state index >= 15 is 0 Å². The number of aryl methyl sites for hydroxylation is 2. The molecule has 0 fully saturated rings. The first kappa shape index (κ1) is 23.4. The largest absolute Gasteiger partial charge is 0.489 e. The number of halogens is 1. The van der Waals surface area contributed by atoms with Crippen LogP contribution in [0.3, 0.4) is 0 Å². The van der Waals surface area contributed by atoms with Crippen LogP contribution < -0.4 is 4.74 Å². The monoisotopic (exact) mass is 478 g/mol. The Hall–Kier alpha value is -3.72. The summed E-state index contributed by atoms with van der Waals surface area (Å²) >= 11 is 1.26. The number of rotatable bonds is 9. The van der Waals surface area contributed by atoms with Crippen molar-refractivity contribution in [1.29, 1.82) is 0 Å². The van der Waals surface area contributed by atoms with Gasteiger partial charge in [-0.05, 0) is 49.7 Å². The van der Waals surface area contributed by atoms with Crippen LogP contribution in [-0.2, 0) is 6.61 Å². The van der Waals surface area contributed by atoms with E-state index in [1.54, 1.807) is 24.3 Å². The molecule has 4 aromatic rings. The first-order chi connectivity index (χ1) is 16.4. The number of nitro groups is 1. The first-order valence-corrected chi connectivity index (χ1v) is 11.5. The van der Waals surface area contributed by atoms with Crippen LogP contribution in [0.2, 0.25) is 0 Å². The van der Waals surface area contributed by atoms with Crippen molar-refractivity contribution in [2.75, 3.05) is 6.54 Å². The van der Waals surface area contributed by atoms with Gasteiger partial charge >= 0.3 is 0 Å². The molecule has 0 amide bonds. The average molecular weight is 479 g/mol. The van der Waals surface area contributed by atoms with E-state index in [1.165, 1.54) is 23.9 Å². The van der Waals surface area contributed by atoms with Crippen LogP contribution >= 0.6 is 11.8 Å². The maximum absolute atomic E-state index is 13.5. The number of hydrogen-bond acceptors (Lipinski definition) is 6. The smallest absolute Gasteiger partial charge is 0.220 e. The summed E-state index contributed by atoms with van der Waals surface area (Å²) in [4.78, 5) is 11.2. The second-order valence-electron chi connectivity index (χ2n) is 7.78. The molecule has 1 atom stereocenters. The summed E-state index contributed by atoms with van der Waals surface area (Å²) in [6.45, 7) is 3.66. The Morgan fingerprint density at radius 1 is 1.06 bits per heavy atom. The molecule has 0 aliphatic carbocycles. The van der Waals surface area contributed by atoms with Crippen LogP contribution in [0.5, 0.6) is 5.75 Å². The maximum atomic E-state index is 13.5. The zero-order chi connectivity index (χ0) is 24.1. The molecule has 0 spiro atoms. The number of para-hydroxylation sites is 1. The predicted octanol–water partition coefficient (Wildman–Crippen LogP) is 5.71. The van der Waals surface area contributed by atoms with Gasteiger partial charge in [0.05, 0.1) is 0 Å². The summed E-state index contributed by atoms with van der Waals surface area (Å²) in [5.74, 6) is 0.841. The molecule has 9 heteroatoms. The molecule has 0 saturated heterocycles. The van der Waals surface area contributed by atoms with Gasteiger partial charge in [-0.1, -0.05) is 59.8 Å². The van der Waals surface area contributed by atoms with Crippen molar-refractivity contribution in [3.8, 4) is 11.4 Å². The van der Waals surface area contributed by atoms with Gasteiger partial charge in [-0.15, -0.1) is 10.2 Å². The Morgan fingerprint density at radius 3 is 2.56 bits per heavy atom. The second-order valence-corrected chi connectivity index (χ2v) is 8.95. The Kier molecular flexibility index (Phi) is 7.22. The molecule has 0 bridgehead atoms. The van der Waals surface area contributed by atoms with Gasteiger partial charge in [0.25, 0.3) is 0 Å². The number of nitrogens with zero attached hydrogens (tertiary/aromatic N) is 4. The van der Waals surface area contributed by atoms with Crippen LogP contribution in [0.4, 0.5) is 4.39 Å². The number of ether oxygens (including phenoxy) is 1. The summed E-state index contributed by atoms with van der Waals surface area (Å²) < 4.78 is 21.4. The number of thioether (sulfide) groups is 1. The Balaban J connectivity index is 1.64. The lowest BCUT2D eigenvalue weighted by Gasteiger charge is -2.18. The lowest BCUT2D eigenvalue weighted by Crippen LogP contribution is -2.12. The van der Waals surface area contributed by atoms with Gasteiger partial charge in [-0.25, -0.2) is 4.39 Å². The summed E-state index contributed by atoms with van der Waals surface area (Å²) in [5, 5.41) is 20.0. The molecule has 0 aliphatic rings. The molecule has 0 aliphatic heterocycles. The lowest BCUT2D eigenvalue weighted by molar-refractivity contribution is -0.479. The molecule has 0 N–H and O–H groups in total. The highest BCUT2D eigenvalue weighted by atomic mass is 32.2. The zero-order valence-corrected chi connectivity index (χ0v) is 19.5. The molecule has 1 heterocycles. The fourth-order valence-electron chi connectivity index (χ4n) is 3.54. The topological polar surface area (TPSA) is 83.1 Å². The molecular weight excluding hydrogens is 455 g/mol. The minimum atomic E-state index is -0.577. The highest BCUT2D eigenvalue weighted by Gasteiger charge is 2.26. The Labute approximate surface area is 200 Å². The standard InChI is InChI=1S/C25H23FN4O3S/c1-17-10-12-21(13-11-17)30-18(2)27-28-25(30)34-24(15-29(31)32)22-8-3-4-9-23(22)33-16-19-6-5-7-20(26)14-19/h3-14,24H,15-16H2,1-2H3/t24-/m1/s1. The van der Waals surface area contributed by atoms with Crippen LogP contribution in [0.25, 0.3) is 5.69 Å². The SMILES string of the molecule is Cc1ccc(-n2c(C)nnc2S[C@H](C[N+](=O)[O-])c2ccccc2OCc2cccc(F)c2)cc1. The Bertz CT molecular complexity index is 1290. The fraction of sp³-hybridized carbons (Fsp3) is 0.200. The fourth-order valence-corrected chi connectivity index (χ4v) is 4.74. The molecule has 0 unspecified atom stereocenters. The third kappa shape index (κ3) is 5.60. The van der Waals surface area contributed by atoms with Crippen molar-refractivity contribution in [2.45, 2.75) is 30.9 Å². The molecule has 1 aromatic heterocycles. The normalized spacial score (nSPS) is 11.9. The number of hydrogen-bond donors (Lipinski definition) is 0. The summed E-state index contributed by atoms with van der Waals surface area (Å²) in [7, 11) is 0. The van der Waals surface area contributed by atoms with Crippen molar-refractivity contribution >= 4 is 11.8 Å². The van der Waals surface area contributed by atoms with Gasteiger partial charge in [-0.2, -0.15) is 0 Å². The van der Waals surface area contributed by atoms with Gasteiger partial charge in [0, 0.05) is 16.2 Å². The van der Waals surface area contributed by atoms with Gasteiger partial charge in [0.1, 0.15) is 29.2 Å². The van der Waals surface area contributed by atoms with E-state index in [0.717, 1.165) is 11.3 Å². The van der Waals surface area contributed by atoms with E-state index in [4.69, 9.17) is 4.74 Å². The second kappa shape index (κ2) is 10.5. The molecule has 0 radical (unpaired) electrons. The van der Waals surface area contributed by atoms with E-state index in [-0.39, 0.29) is 23.9 Å². The number of aromatic nitrogens is 3. The molecule has 4 rings (SSSR count). The van der Waals surface area contributed by atoms with Crippen LogP contribution in [-0.4, -0.2) is 26.2 Å². The zero-order valence-electron chi connectivity index (χ0n) is 18.7. The quantitative estimate of drug-likeness (QED) is 0.174. The highest BCUT2D eigenvalue weighted by molar-refractivity contribution is 7.99. The minimum Gasteiger partial charge on any atom is -0.489 e. The van der Waals surface area contributed by atoms with Crippen LogP contribution in [0.15, 0.2) is 78.0 Å². The van der Waals surface area contributed by atoms with E-state index in [0.29, 0.717) is 27.9 Å². The average Bonchev–Trinajstić information content (AvgIpc) is 3.17. The van der Waals surface area contributed by atoms with Crippen LogP contribution in [0, 0.1) is 29.8 Å². The maximum Gasteiger partial charge on any atom is 0.220 e. The Morgan fingerprint density at radius 2 is 1.82 bits per heavy atom.